The maximum absolute atomic E-state index is 13.3. The molecule has 9 heterocycles. The first-order chi connectivity index (χ1) is 46.5. The number of nitrogens with one attached hydrogen (secondary N) is 3. The van der Waals surface area contributed by atoms with Crippen molar-refractivity contribution in [3.63, 3.8) is 0 Å². The summed E-state index contributed by atoms with van der Waals surface area (Å²) in [6.45, 7) is 3.60. The molecule has 6 amide bonds. The van der Waals surface area contributed by atoms with E-state index in [9.17, 15) is 55.1 Å². The van der Waals surface area contributed by atoms with Crippen LogP contribution in [0.1, 0.15) is 195 Å². The maximum Gasteiger partial charge on any atom is 0.260 e. The van der Waals surface area contributed by atoms with E-state index in [0.717, 1.165) is 175 Å². The van der Waals surface area contributed by atoms with Crippen LogP contribution in [0.5, 0.6) is 0 Å². The number of carbonyl (C=O) groups excluding carboxylic acids is 6. The molecular weight excluding hydrogens is 1260 g/mol. The molecule has 3 N–H and O–H groups in total. The summed E-state index contributed by atoms with van der Waals surface area (Å²) in [4.78, 5) is 91.8. The van der Waals surface area contributed by atoms with Gasteiger partial charge < -0.3 is 14.7 Å². The third-order valence-electron chi connectivity index (χ3n) is 24.1. The van der Waals surface area contributed by atoms with Crippen LogP contribution in [-0.2, 0) is 28.8 Å². The molecule has 0 unspecified atom stereocenters. The van der Waals surface area contributed by atoms with E-state index in [0.29, 0.717) is 74.9 Å². The molecule has 18 rings (SSSR count). The van der Waals surface area contributed by atoms with Crippen LogP contribution in [0.15, 0.2) is 54.6 Å². The smallest absolute Gasteiger partial charge is 0.260 e. The number of fused-ring (bicyclic) bond motifs is 3. The zero-order chi connectivity index (χ0) is 67.0. The van der Waals surface area contributed by atoms with Gasteiger partial charge in [-0.2, -0.15) is 15.0 Å². The molecule has 3 saturated heterocycles. The second kappa shape index (κ2) is 24.0. The minimum absolute atomic E-state index is 0.00212. The van der Waals surface area contributed by atoms with Gasteiger partial charge >= 0.3 is 0 Å². The second-order valence-corrected chi connectivity index (χ2v) is 31.0. The molecule has 12 fully saturated rings. The zero-order valence-corrected chi connectivity index (χ0v) is 54.4. The van der Waals surface area contributed by atoms with Gasteiger partial charge in [0.1, 0.15) is 17.8 Å². The molecule has 27 heteroatoms. The summed E-state index contributed by atoms with van der Waals surface area (Å²) in [5, 5.41) is 22.2. The van der Waals surface area contributed by atoms with Gasteiger partial charge in [0.2, 0.25) is 53.3 Å². The van der Waals surface area contributed by atoms with E-state index in [1.54, 1.807) is 14.7 Å². The molecule has 9 saturated carbocycles. The largest absolute Gasteiger partial charge is 0.342 e. The number of hydrogen-bond donors (Lipinski definition) is 3. The van der Waals surface area contributed by atoms with E-state index in [1.165, 1.54) is 0 Å². The van der Waals surface area contributed by atoms with Crippen molar-refractivity contribution in [1.29, 1.82) is 0 Å². The van der Waals surface area contributed by atoms with Crippen molar-refractivity contribution >= 4 is 70.2 Å². The predicted octanol–water partition coefficient (Wildman–Crippen LogP) is 11.2. The van der Waals surface area contributed by atoms with E-state index < -0.39 is 35.5 Å². The molecule has 516 valence electrons. The fourth-order valence-electron chi connectivity index (χ4n) is 17.0. The summed E-state index contributed by atoms with van der Waals surface area (Å²) in [6, 6.07) is 17.9. The summed E-state index contributed by atoms with van der Waals surface area (Å²) >= 11 is 0. The fourth-order valence-corrected chi connectivity index (χ4v) is 17.0. The highest BCUT2D eigenvalue weighted by Gasteiger charge is 2.65. The minimum Gasteiger partial charge on any atom is -0.342 e. The Labute approximate surface area is 556 Å². The van der Waals surface area contributed by atoms with Gasteiger partial charge in [-0.1, -0.05) is 18.2 Å². The molecule has 6 aromatic heterocycles. The monoisotopic (exact) mass is 1340 g/mol. The average molecular weight is 1340 g/mol. The lowest BCUT2D eigenvalue weighted by Gasteiger charge is -2.46. The number of rotatable bonds is 12. The van der Waals surface area contributed by atoms with Crippen molar-refractivity contribution in [2.75, 3.05) is 55.2 Å². The minimum atomic E-state index is -2.79. The molecule has 97 heavy (non-hydrogen) atoms. The van der Waals surface area contributed by atoms with Crippen LogP contribution in [0.25, 0.3) is 16.9 Å². The number of likely N-dealkylation sites (tertiary alicyclic amines) is 3. The van der Waals surface area contributed by atoms with Gasteiger partial charge in [-0.05, 0) is 194 Å². The summed E-state index contributed by atoms with van der Waals surface area (Å²) in [7, 11) is 0. The van der Waals surface area contributed by atoms with Gasteiger partial charge in [0.15, 0.2) is 16.9 Å². The van der Waals surface area contributed by atoms with Crippen molar-refractivity contribution in [2.45, 2.75) is 196 Å². The number of nitrogens with zero attached hydrogens (tertiary/aromatic N) is 12. The quantitative estimate of drug-likeness (QED) is 0.0970. The summed E-state index contributed by atoms with van der Waals surface area (Å²) in [6.07, 6.45) is 20.2. The first-order valence-electron chi connectivity index (χ1n) is 35.5. The van der Waals surface area contributed by atoms with E-state index in [1.807, 2.05) is 49.9 Å². The Morgan fingerprint density at radius 2 is 0.629 bits per heavy atom. The Kier molecular flexibility index (Phi) is 15.8. The molecule has 3 spiro atoms. The van der Waals surface area contributed by atoms with Crippen molar-refractivity contribution in [3.8, 4) is 0 Å². The number of alkyl halides is 6. The average Bonchev–Trinajstić information content (AvgIpc) is 1.58. The Morgan fingerprint density at radius 3 is 0.918 bits per heavy atom. The van der Waals surface area contributed by atoms with Crippen LogP contribution >= 0.6 is 0 Å². The third-order valence-corrected chi connectivity index (χ3v) is 24.1. The van der Waals surface area contributed by atoms with E-state index in [-0.39, 0.29) is 88.7 Å². The van der Waals surface area contributed by atoms with Gasteiger partial charge in [-0.15, -0.1) is 15.3 Å². The first-order valence-corrected chi connectivity index (χ1v) is 35.5. The number of carbonyl (C=O) groups is 6. The molecule has 12 aliphatic rings. The van der Waals surface area contributed by atoms with Crippen LogP contribution in [0, 0.1) is 51.8 Å². The molecule has 0 radical (unpaired) electrons. The first kappa shape index (κ1) is 64.0. The number of anilines is 3. The Balaban J connectivity index is 0.000000114. The Bertz CT molecular complexity index is 3920. The van der Waals surface area contributed by atoms with E-state index in [4.69, 9.17) is 0 Å². The normalized spacial score (nSPS) is 27.6. The number of piperidine rings is 1. The third kappa shape index (κ3) is 13.1. The standard InChI is InChI=1S/C24H29F2N5O2.2C23H27F2N5O2/c25-24(26)14-17(24)21(33)30-12-10-23(11-13-30)8-6-15(7-9-23)18-2-1-3-19-27-22(29-31(18)19)28-20(32)16-4-5-16;2*24-23(25)12-16(23)20(32)29-11-10-22(13-29)8-6-14(7-9-22)17-2-1-3-18-26-21(28-30(17)18)27-19(31)15-4-5-15/h1-3,15-17H,4-14H2,(H,28,29,32);2*1-3,14-16H,4-13H2,(H,27,28,31)/t17-;2*14?,16-,22?/m000/s1. The molecule has 3 aliphatic heterocycles. The molecule has 21 nitrogen and oxygen atoms in total. The summed E-state index contributed by atoms with van der Waals surface area (Å²) in [5.74, 6) is -10.4. The summed E-state index contributed by atoms with van der Waals surface area (Å²) in [5.41, 5.74) is 5.77. The van der Waals surface area contributed by atoms with Crippen molar-refractivity contribution in [1.82, 2.24) is 58.5 Å². The lowest BCUT2D eigenvalue weighted by Crippen LogP contribution is -2.45. The SMILES string of the molecule is O=C(Nc1nc2cccc(C3CCC4(CC3)CCN(C(=O)[C@@H]3CC3(F)F)C4)n2n1)C1CC1.O=C(Nc1nc2cccc(C3CCC4(CC3)CCN(C(=O)[C@@H]3CC3(F)F)C4)n2n1)C1CC1.O=C(Nc1nc2cccc(C3CCC4(CC3)CCN(C(=O)[C@@H]3CC3(F)F)CC4)n2n1)C1CC1. The lowest BCUT2D eigenvalue weighted by molar-refractivity contribution is -0.138. The molecule has 6 aromatic rings. The van der Waals surface area contributed by atoms with Gasteiger partial charge in [-0.3, -0.25) is 44.7 Å². The lowest BCUT2D eigenvalue weighted by atomic mass is 9.65. The van der Waals surface area contributed by atoms with Gasteiger partial charge in [0, 0.05) is 111 Å². The molecule has 0 aromatic carbocycles. The molecule has 9 aliphatic carbocycles. The van der Waals surface area contributed by atoms with Gasteiger partial charge in [0.05, 0.1) is 0 Å². The number of aromatic nitrogens is 9. The number of halogens is 6. The highest BCUT2D eigenvalue weighted by Crippen LogP contribution is 2.56. The van der Waals surface area contributed by atoms with Crippen molar-refractivity contribution < 1.29 is 55.1 Å². The van der Waals surface area contributed by atoms with Crippen molar-refractivity contribution in [2.24, 2.45) is 51.8 Å². The highest BCUT2D eigenvalue weighted by atomic mass is 19.3. The van der Waals surface area contributed by atoms with E-state index in [2.05, 4.69) is 64.4 Å². The number of pyridine rings is 3. The molecule has 0 bridgehead atoms. The van der Waals surface area contributed by atoms with Crippen LogP contribution in [-0.4, -0.2) is 151 Å². The summed E-state index contributed by atoms with van der Waals surface area (Å²) < 4.78 is 85.4. The predicted molar refractivity (Wildman–Crippen MR) is 341 cm³/mol. The van der Waals surface area contributed by atoms with Crippen molar-refractivity contribution in [3.05, 3.63) is 71.7 Å². The fraction of sp³-hybridized carbons (Fsp3) is 0.657. The maximum atomic E-state index is 13.3. The van der Waals surface area contributed by atoms with Crippen LogP contribution in [0.3, 0.4) is 0 Å². The van der Waals surface area contributed by atoms with Gasteiger partial charge in [-0.25, -0.2) is 39.9 Å². The zero-order valence-electron chi connectivity index (χ0n) is 54.4. The molecule has 3 atom stereocenters. The van der Waals surface area contributed by atoms with Gasteiger partial charge in [0.25, 0.3) is 17.8 Å². The Hall–Kier alpha value is -7.74. The van der Waals surface area contributed by atoms with E-state index >= 15 is 0 Å². The molecular formula is C70H83F6N15O6. The number of amides is 6. The Morgan fingerprint density at radius 1 is 0.361 bits per heavy atom. The highest BCUT2D eigenvalue weighted by molar-refractivity contribution is 5.94. The van der Waals surface area contributed by atoms with Crippen LogP contribution in [0.2, 0.25) is 0 Å². The number of hydrogen-bond acceptors (Lipinski definition) is 12. The second-order valence-electron chi connectivity index (χ2n) is 31.0. The van der Waals surface area contributed by atoms with Crippen LogP contribution < -0.4 is 16.0 Å². The topological polar surface area (TPSA) is 239 Å². The van der Waals surface area contributed by atoms with Crippen LogP contribution in [0.4, 0.5) is 44.2 Å².